The molecule has 1 aromatic carbocycles. The SMILES string of the molecule is O=C(O)NC1CCN(C(=O)Nc2ccccc2Cl)CC1. The van der Waals surface area contributed by atoms with Crippen LogP contribution < -0.4 is 10.6 Å². The Labute approximate surface area is 121 Å². The molecule has 1 aromatic rings. The number of carbonyl (C=O) groups excluding carboxylic acids is 1. The molecule has 0 aromatic heterocycles. The van der Waals surface area contributed by atoms with Crippen molar-refractivity contribution in [2.75, 3.05) is 18.4 Å². The molecular formula is C13H16ClN3O3. The fourth-order valence-corrected chi connectivity index (χ4v) is 2.34. The van der Waals surface area contributed by atoms with Gasteiger partial charge in [0.25, 0.3) is 0 Å². The molecule has 0 aliphatic carbocycles. The van der Waals surface area contributed by atoms with Crippen LogP contribution in [0.4, 0.5) is 15.3 Å². The van der Waals surface area contributed by atoms with Crippen molar-refractivity contribution in [2.24, 2.45) is 0 Å². The molecule has 1 aliphatic rings. The molecule has 0 spiro atoms. The first-order chi connectivity index (χ1) is 9.56. The van der Waals surface area contributed by atoms with Crippen LogP contribution >= 0.6 is 11.6 Å². The maximum Gasteiger partial charge on any atom is 0.404 e. The van der Waals surface area contributed by atoms with Crippen LogP contribution in [-0.2, 0) is 0 Å². The van der Waals surface area contributed by atoms with Crippen molar-refractivity contribution in [1.82, 2.24) is 10.2 Å². The number of benzene rings is 1. The van der Waals surface area contributed by atoms with Gasteiger partial charge in [-0.05, 0) is 25.0 Å². The van der Waals surface area contributed by atoms with Crippen molar-refractivity contribution in [3.8, 4) is 0 Å². The molecule has 7 heteroatoms. The molecular weight excluding hydrogens is 282 g/mol. The third-order valence-electron chi connectivity index (χ3n) is 3.23. The Hall–Kier alpha value is -1.95. The Morgan fingerprint density at radius 3 is 2.50 bits per heavy atom. The summed E-state index contributed by atoms with van der Waals surface area (Å²) in [4.78, 5) is 24.3. The van der Waals surface area contributed by atoms with Crippen LogP contribution in [0, 0.1) is 0 Å². The first kappa shape index (κ1) is 14.5. The number of anilines is 1. The number of hydrogen-bond acceptors (Lipinski definition) is 2. The third-order valence-corrected chi connectivity index (χ3v) is 3.55. The Balaban J connectivity index is 1.86. The molecule has 0 unspecified atom stereocenters. The second-order valence-corrected chi connectivity index (χ2v) is 5.03. The van der Waals surface area contributed by atoms with Gasteiger partial charge < -0.3 is 20.6 Å². The van der Waals surface area contributed by atoms with Gasteiger partial charge in [-0.2, -0.15) is 0 Å². The summed E-state index contributed by atoms with van der Waals surface area (Å²) in [7, 11) is 0. The molecule has 20 heavy (non-hydrogen) atoms. The van der Waals surface area contributed by atoms with Crippen molar-refractivity contribution < 1.29 is 14.7 Å². The van der Waals surface area contributed by atoms with Gasteiger partial charge in [0.1, 0.15) is 0 Å². The van der Waals surface area contributed by atoms with Gasteiger partial charge in [-0.3, -0.25) is 0 Å². The normalized spacial score (nSPS) is 15.8. The van der Waals surface area contributed by atoms with Crippen LogP contribution in [0.1, 0.15) is 12.8 Å². The lowest BCUT2D eigenvalue weighted by Crippen LogP contribution is -2.47. The average molecular weight is 298 g/mol. The average Bonchev–Trinajstić information content (AvgIpc) is 2.41. The lowest BCUT2D eigenvalue weighted by molar-refractivity contribution is 0.171. The highest BCUT2D eigenvalue weighted by Gasteiger charge is 2.23. The lowest BCUT2D eigenvalue weighted by atomic mass is 10.1. The van der Waals surface area contributed by atoms with E-state index < -0.39 is 6.09 Å². The predicted octanol–water partition coefficient (Wildman–Crippen LogP) is 2.60. The van der Waals surface area contributed by atoms with Gasteiger partial charge >= 0.3 is 12.1 Å². The molecule has 0 bridgehead atoms. The van der Waals surface area contributed by atoms with Crippen molar-refractivity contribution in [3.63, 3.8) is 0 Å². The molecule has 0 saturated carbocycles. The number of amides is 3. The summed E-state index contributed by atoms with van der Waals surface area (Å²) in [6, 6.07) is 6.73. The van der Waals surface area contributed by atoms with Crippen molar-refractivity contribution in [3.05, 3.63) is 29.3 Å². The van der Waals surface area contributed by atoms with Crippen LogP contribution in [0.5, 0.6) is 0 Å². The summed E-state index contributed by atoms with van der Waals surface area (Å²) in [5.41, 5.74) is 0.574. The van der Waals surface area contributed by atoms with E-state index in [1.165, 1.54) is 0 Å². The molecule has 0 atom stereocenters. The van der Waals surface area contributed by atoms with E-state index in [0.29, 0.717) is 36.6 Å². The summed E-state index contributed by atoms with van der Waals surface area (Å²) in [6.07, 6.45) is 0.203. The van der Waals surface area contributed by atoms with E-state index in [1.807, 2.05) is 0 Å². The molecule has 3 N–H and O–H groups in total. The summed E-state index contributed by atoms with van der Waals surface area (Å²) in [6.45, 7) is 1.03. The molecule has 1 heterocycles. The first-order valence-corrected chi connectivity index (χ1v) is 6.74. The summed E-state index contributed by atoms with van der Waals surface area (Å²) < 4.78 is 0. The molecule has 1 fully saturated rings. The Morgan fingerprint density at radius 1 is 1.25 bits per heavy atom. The highest BCUT2D eigenvalue weighted by atomic mass is 35.5. The van der Waals surface area contributed by atoms with Crippen molar-refractivity contribution in [2.45, 2.75) is 18.9 Å². The quantitative estimate of drug-likeness (QED) is 0.785. The van der Waals surface area contributed by atoms with Crippen molar-refractivity contribution in [1.29, 1.82) is 0 Å². The zero-order valence-corrected chi connectivity index (χ0v) is 11.6. The van der Waals surface area contributed by atoms with Crippen LogP contribution in [0.3, 0.4) is 0 Å². The molecule has 1 saturated heterocycles. The van der Waals surface area contributed by atoms with Gasteiger partial charge in [0.05, 0.1) is 10.7 Å². The molecule has 1 aliphatic heterocycles. The third kappa shape index (κ3) is 3.77. The van der Waals surface area contributed by atoms with E-state index in [2.05, 4.69) is 10.6 Å². The van der Waals surface area contributed by atoms with Gasteiger partial charge in [-0.25, -0.2) is 9.59 Å². The fraction of sp³-hybridized carbons (Fsp3) is 0.385. The number of rotatable bonds is 2. The van der Waals surface area contributed by atoms with E-state index in [9.17, 15) is 9.59 Å². The number of carboxylic acid groups (broad SMARTS) is 1. The number of carbonyl (C=O) groups is 2. The number of halogens is 1. The zero-order valence-electron chi connectivity index (χ0n) is 10.8. The standard InChI is InChI=1S/C13H16ClN3O3/c14-10-3-1-2-4-11(10)16-12(18)17-7-5-9(6-8-17)15-13(19)20/h1-4,9,15H,5-8H2,(H,16,18)(H,19,20). The Morgan fingerprint density at radius 2 is 1.90 bits per heavy atom. The minimum Gasteiger partial charge on any atom is -0.465 e. The maximum atomic E-state index is 12.1. The summed E-state index contributed by atoms with van der Waals surface area (Å²) >= 11 is 5.98. The van der Waals surface area contributed by atoms with E-state index in [0.717, 1.165) is 0 Å². The van der Waals surface area contributed by atoms with E-state index in [4.69, 9.17) is 16.7 Å². The monoisotopic (exact) mass is 297 g/mol. The molecule has 0 radical (unpaired) electrons. The van der Waals surface area contributed by atoms with Crippen LogP contribution in [0.2, 0.25) is 5.02 Å². The van der Waals surface area contributed by atoms with Crippen molar-refractivity contribution >= 4 is 29.4 Å². The maximum absolute atomic E-state index is 12.1. The summed E-state index contributed by atoms with van der Waals surface area (Å²) in [5, 5.41) is 14.3. The molecule has 3 amide bonds. The van der Waals surface area contributed by atoms with E-state index in [-0.39, 0.29) is 12.1 Å². The highest BCUT2D eigenvalue weighted by Crippen LogP contribution is 2.21. The lowest BCUT2D eigenvalue weighted by Gasteiger charge is -2.31. The van der Waals surface area contributed by atoms with Gasteiger partial charge in [-0.1, -0.05) is 23.7 Å². The van der Waals surface area contributed by atoms with E-state index >= 15 is 0 Å². The Kier molecular flexibility index (Phi) is 4.68. The number of para-hydroxylation sites is 1. The number of piperidine rings is 1. The van der Waals surface area contributed by atoms with Gasteiger partial charge in [-0.15, -0.1) is 0 Å². The molecule has 108 valence electrons. The second-order valence-electron chi connectivity index (χ2n) is 4.62. The molecule has 6 nitrogen and oxygen atoms in total. The Bertz CT molecular complexity index is 501. The van der Waals surface area contributed by atoms with Gasteiger partial charge in [0, 0.05) is 19.1 Å². The predicted molar refractivity (Wildman–Crippen MR) is 76.2 cm³/mol. The number of nitrogens with one attached hydrogen (secondary N) is 2. The smallest absolute Gasteiger partial charge is 0.404 e. The molecule has 2 rings (SSSR count). The number of likely N-dealkylation sites (tertiary alicyclic amines) is 1. The topological polar surface area (TPSA) is 81.7 Å². The fourth-order valence-electron chi connectivity index (χ4n) is 2.16. The number of nitrogens with zero attached hydrogens (tertiary/aromatic N) is 1. The zero-order chi connectivity index (χ0) is 14.5. The highest BCUT2D eigenvalue weighted by molar-refractivity contribution is 6.33. The largest absolute Gasteiger partial charge is 0.465 e. The van der Waals surface area contributed by atoms with E-state index in [1.54, 1.807) is 29.2 Å². The minimum absolute atomic E-state index is 0.0862. The van der Waals surface area contributed by atoms with Crippen LogP contribution in [0.25, 0.3) is 0 Å². The number of urea groups is 1. The number of hydrogen-bond donors (Lipinski definition) is 3. The minimum atomic E-state index is -1.02. The summed E-state index contributed by atoms with van der Waals surface area (Å²) in [5.74, 6) is 0. The second kappa shape index (κ2) is 6.47. The van der Waals surface area contributed by atoms with Crippen LogP contribution in [0.15, 0.2) is 24.3 Å². The first-order valence-electron chi connectivity index (χ1n) is 6.36. The van der Waals surface area contributed by atoms with Gasteiger partial charge in [0.15, 0.2) is 0 Å². The van der Waals surface area contributed by atoms with Gasteiger partial charge in [0.2, 0.25) is 0 Å². The van der Waals surface area contributed by atoms with Crippen LogP contribution in [-0.4, -0.2) is 41.3 Å².